The monoisotopic (exact) mass is 294 g/mol. The summed E-state index contributed by atoms with van der Waals surface area (Å²) in [4.78, 5) is 2.62. The molecule has 1 fully saturated rings. The van der Waals surface area contributed by atoms with E-state index in [1.807, 2.05) is 10.9 Å². The molecular weight excluding hydrogens is 264 g/mol. The summed E-state index contributed by atoms with van der Waals surface area (Å²) in [6, 6.07) is 0. The van der Waals surface area contributed by atoms with Gasteiger partial charge in [0.15, 0.2) is 0 Å². The molecule has 0 aliphatic carbocycles. The first kappa shape index (κ1) is 16.4. The van der Waals surface area contributed by atoms with Crippen LogP contribution in [0.1, 0.15) is 51.1 Å². The maximum Gasteiger partial charge on any atom is 0.0849 e. The number of aliphatic hydroxyl groups excluding tert-OH is 1. The van der Waals surface area contributed by atoms with E-state index in [9.17, 15) is 0 Å². The minimum atomic E-state index is 0.146. The SMILES string of the molecule is CCCCCCN1CCCC(Cn2cc(CCO)nn2)C1. The Hall–Kier alpha value is -0.940. The number of nitrogens with zero attached hydrogens (tertiary/aromatic N) is 4. The zero-order valence-electron chi connectivity index (χ0n) is 13.4. The molecule has 1 unspecified atom stereocenters. The molecule has 5 nitrogen and oxygen atoms in total. The van der Waals surface area contributed by atoms with E-state index in [0.29, 0.717) is 12.3 Å². The van der Waals surface area contributed by atoms with Crippen molar-refractivity contribution in [3.8, 4) is 0 Å². The molecule has 0 aromatic carbocycles. The van der Waals surface area contributed by atoms with Crippen molar-refractivity contribution in [2.75, 3.05) is 26.2 Å². The molecule has 0 radical (unpaired) electrons. The Morgan fingerprint density at radius 2 is 2.24 bits per heavy atom. The van der Waals surface area contributed by atoms with Gasteiger partial charge in [0, 0.05) is 32.3 Å². The van der Waals surface area contributed by atoms with E-state index in [1.165, 1.54) is 58.2 Å². The van der Waals surface area contributed by atoms with Crippen LogP contribution in [-0.4, -0.2) is 51.2 Å². The third-order valence-corrected chi connectivity index (χ3v) is 4.33. The number of hydrogen-bond donors (Lipinski definition) is 1. The maximum absolute atomic E-state index is 8.92. The van der Waals surface area contributed by atoms with E-state index in [-0.39, 0.29) is 6.61 Å². The Kier molecular flexibility index (Phi) is 7.16. The molecule has 1 N–H and O–H groups in total. The van der Waals surface area contributed by atoms with Crippen molar-refractivity contribution < 1.29 is 5.11 Å². The molecule has 120 valence electrons. The van der Waals surface area contributed by atoms with Gasteiger partial charge >= 0.3 is 0 Å². The first-order valence-corrected chi connectivity index (χ1v) is 8.54. The Labute approximate surface area is 128 Å². The summed E-state index contributed by atoms with van der Waals surface area (Å²) in [7, 11) is 0. The molecule has 1 aliphatic heterocycles. The highest BCUT2D eigenvalue weighted by atomic mass is 16.3. The van der Waals surface area contributed by atoms with Crippen molar-refractivity contribution in [2.45, 2.75) is 58.4 Å². The highest BCUT2D eigenvalue weighted by molar-refractivity contribution is 4.92. The molecule has 1 atom stereocenters. The zero-order valence-corrected chi connectivity index (χ0v) is 13.4. The van der Waals surface area contributed by atoms with Gasteiger partial charge in [-0.05, 0) is 38.3 Å². The minimum absolute atomic E-state index is 0.146. The fourth-order valence-electron chi connectivity index (χ4n) is 3.19. The summed E-state index contributed by atoms with van der Waals surface area (Å²) in [6.07, 6.45) is 10.6. The van der Waals surface area contributed by atoms with Crippen molar-refractivity contribution >= 4 is 0 Å². The van der Waals surface area contributed by atoms with Crippen LogP contribution in [0.3, 0.4) is 0 Å². The van der Waals surface area contributed by atoms with Crippen LogP contribution in [0, 0.1) is 5.92 Å². The quantitative estimate of drug-likeness (QED) is 0.709. The van der Waals surface area contributed by atoms with Crippen LogP contribution in [0.25, 0.3) is 0 Å². The van der Waals surface area contributed by atoms with E-state index in [2.05, 4.69) is 22.1 Å². The molecular formula is C16H30N4O. The van der Waals surface area contributed by atoms with E-state index in [4.69, 9.17) is 5.11 Å². The third kappa shape index (κ3) is 5.75. The van der Waals surface area contributed by atoms with Gasteiger partial charge in [-0.15, -0.1) is 5.10 Å². The molecule has 1 aromatic heterocycles. The van der Waals surface area contributed by atoms with Gasteiger partial charge in [-0.3, -0.25) is 4.68 Å². The first-order chi connectivity index (χ1) is 10.3. The zero-order chi connectivity index (χ0) is 14.9. The number of rotatable bonds is 9. The lowest BCUT2D eigenvalue weighted by atomic mass is 9.97. The normalized spacial score (nSPS) is 20.0. The number of hydrogen-bond acceptors (Lipinski definition) is 4. The van der Waals surface area contributed by atoms with Crippen LogP contribution in [-0.2, 0) is 13.0 Å². The van der Waals surface area contributed by atoms with Gasteiger partial charge in [-0.25, -0.2) is 0 Å². The minimum Gasteiger partial charge on any atom is -0.396 e. The standard InChI is InChI=1S/C16H30N4O/c1-2-3-4-5-9-19-10-6-7-15(12-19)13-20-14-16(8-11-21)17-18-20/h14-15,21H,2-13H2,1H3. The molecule has 21 heavy (non-hydrogen) atoms. The van der Waals surface area contributed by atoms with Crippen molar-refractivity contribution in [2.24, 2.45) is 5.92 Å². The summed E-state index contributed by atoms with van der Waals surface area (Å²) in [5.74, 6) is 0.689. The summed E-state index contributed by atoms with van der Waals surface area (Å²) in [5, 5.41) is 17.2. The Morgan fingerprint density at radius 1 is 1.33 bits per heavy atom. The van der Waals surface area contributed by atoms with Crippen LogP contribution in [0.2, 0.25) is 0 Å². The summed E-state index contributed by atoms with van der Waals surface area (Å²) < 4.78 is 1.95. The Morgan fingerprint density at radius 3 is 3.05 bits per heavy atom. The van der Waals surface area contributed by atoms with Gasteiger partial charge < -0.3 is 10.0 Å². The fraction of sp³-hybridized carbons (Fsp3) is 0.875. The highest BCUT2D eigenvalue weighted by Gasteiger charge is 2.20. The van der Waals surface area contributed by atoms with Gasteiger partial charge in [-0.1, -0.05) is 31.4 Å². The summed E-state index contributed by atoms with van der Waals surface area (Å²) in [6.45, 7) is 7.08. The van der Waals surface area contributed by atoms with Crippen LogP contribution in [0.4, 0.5) is 0 Å². The largest absolute Gasteiger partial charge is 0.396 e. The van der Waals surface area contributed by atoms with Crippen LogP contribution < -0.4 is 0 Å². The average Bonchev–Trinajstić information content (AvgIpc) is 2.92. The molecule has 0 saturated carbocycles. The fourth-order valence-corrected chi connectivity index (χ4v) is 3.19. The average molecular weight is 294 g/mol. The van der Waals surface area contributed by atoms with Crippen LogP contribution in [0.5, 0.6) is 0 Å². The van der Waals surface area contributed by atoms with Crippen LogP contribution >= 0.6 is 0 Å². The molecule has 2 rings (SSSR count). The van der Waals surface area contributed by atoms with E-state index in [0.717, 1.165) is 12.2 Å². The number of piperidine rings is 1. The molecule has 1 saturated heterocycles. The second kappa shape index (κ2) is 9.15. The second-order valence-corrected chi connectivity index (χ2v) is 6.28. The summed E-state index contributed by atoms with van der Waals surface area (Å²) in [5.41, 5.74) is 0.893. The topological polar surface area (TPSA) is 54.2 Å². The van der Waals surface area contributed by atoms with Gasteiger partial charge in [0.2, 0.25) is 0 Å². The molecule has 5 heteroatoms. The second-order valence-electron chi connectivity index (χ2n) is 6.28. The number of aliphatic hydroxyl groups is 1. The molecule has 1 aromatic rings. The van der Waals surface area contributed by atoms with E-state index >= 15 is 0 Å². The Balaban J connectivity index is 1.72. The summed E-state index contributed by atoms with van der Waals surface area (Å²) >= 11 is 0. The van der Waals surface area contributed by atoms with Gasteiger partial charge in [0.1, 0.15) is 0 Å². The number of unbranched alkanes of at least 4 members (excludes halogenated alkanes) is 3. The molecule has 0 bridgehead atoms. The molecule has 0 spiro atoms. The highest BCUT2D eigenvalue weighted by Crippen LogP contribution is 2.18. The predicted molar refractivity (Wildman–Crippen MR) is 84.1 cm³/mol. The van der Waals surface area contributed by atoms with Crippen molar-refractivity contribution in [3.63, 3.8) is 0 Å². The van der Waals surface area contributed by atoms with Gasteiger partial charge in [0.05, 0.1) is 5.69 Å². The smallest absolute Gasteiger partial charge is 0.0849 e. The lowest BCUT2D eigenvalue weighted by Gasteiger charge is -2.32. The number of aromatic nitrogens is 3. The Bertz CT molecular complexity index is 393. The first-order valence-electron chi connectivity index (χ1n) is 8.54. The molecule has 1 aliphatic rings. The lowest BCUT2D eigenvalue weighted by molar-refractivity contribution is 0.157. The lowest BCUT2D eigenvalue weighted by Crippen LogP contribution is -2.37. The third-order valence-electron chi connectivity index (χ3n) is 4.33. The van der Waals surface area contributed by atoms with Crippen LogP contribution in [0.15, 0.2) is 6.20 Å². The van der Waals surface area contributed by atoms with Crippen molar-refractivity contribution in [1.82, 2.24) is 19.9 Å². The van der Waals surface area contributed by atoms with Gasteiger partial charge in [-0.2, -0.15) is 0 Å². The molecule has 2 heterocycles. The molecule has 0 amide bonds. The predicted octanol–water partition coefficient (Wildman–Crippen LogP) is 2.11. The maximum atomic E-state index is 8.92. The van der Waals surface area contributed by atoms with E-state index < -0.39 is 0 Å². The number of likely N-dealkylation sites (tertiary alicyclic amines) is 1. The van der Waals surface area contributed by atoms with Crippen molar-refractivity contribution in [3.05, 3.63) is 11.9 Å². The van der Waals surface area contributed by atoms with Crippen molar-refractivity contribution in [1.29, 1.82) is 0 Å². The van der Waals surface area contributed by atoms with Gasteiger partial charge in [0.25, 0.3) is 0 Å². The van der Waals surface area contributed by atoms with E-state index in [1.54, 1.807) is 0 Å².